The molecule has 7 rings (SSSR count). The predicted octanol–water partition coefficient (Wildman–Crippen LogP) is 6.17. The third kappa shape index (κ3) is 7.09. The van der Waals surface area contributed by atoms with Gasteiger partial charge in [0.25, 0.3) is 11.8 Å². The third-order valence-electron chi connectivity index (χ3n) is 9.82. The molecule has 0 radical (unpaired) electrons. The summed E-state index contributed by atoms with van der Waals surface area (Å²) in [6, 6.07) is 22.9. The molecule has 0 aromatic heterocycles. The van der Waals surface area contributed by atoms with Gasteiger partial charge >= 0.3 is 0 Å². The fraction of sp³-hybridized carbons (Fsp3) is 0.317. The number of methoxy groups -OCH3 is 2. The number of nitrogens with zero attached hydrogens (tertiary/aromatic N) is 4. The number of carbonyl (C=O) groups is 2. The molecule has 2 atom stereocenters. The van der Waals surface area contributed by atoms with Crippen LogP contribution in [0.4, 0.5) is 11.4 Å². The van der Waals surface area contributed by atoms with E-state index in [4.69, 9.17) is 33.7 Å². The lowest BCUT2D eigenvalue weighted by Gasteiger charge is -2.34. The maximum absolute atomic E-state index is 13.6. The zero-order chi connectivity index (χ0) is 36.2. The van der Waals surface area contributed by atoms with E-state index in [1.807, 2.05) is 41.6 Å². The van der Waals surface area contributed by atoms with Crippen molar-refractivity contribution in [1.82, 2.24) is 9.80 Å². The smallest absolute Gasteiger partial charge is 0.257 e. The van der Waals surface area contributed by atoms with E-state index in [9.17, 15) is 9.59 Å². The molecule has 4 aromatic rings. The van der Waals surface area contributed by atoms with Crippen LogP contribution in [0.2, 0.25) is 0 Å². The Morgan fingerprint density at radius 2 is 1.31 bits per heavy atom. The minimum Gasteiger partial charge on any atom is -0.493 e. The first kappa shape index (κ1) is 34.8. The van der Waals surface area contributed by atoms with Gasteiger partial charge in [-0.25, -0.2) is 0 Å². The third-order valence-corrected chi connectivity index (χ3v) is 9.82. The molecule has 52 heavy (non-hydrogen) atoms. The minimum absolute atomic E-state index is 0.0839. The van der Waals surface area contributed by atoms with E-state index in [0.29, 0.717) is 58.5 Å². The number of fused-ring (bicyclic) bond motifs is 4. The molecule has 2 amide bonds. The van der Waals surface area contributed by atoms with Crippen LogP contribution in [0.5, 0.6) is 23.0 Å². The number of benzene rings is 4. The molecule has 11 nitrogen and oxygen atoms in total. The van der Waals surface area contributed by atoms with Gasteiger partial charge in [-0.05, 0) is 54.2 Å². The van der Waals surface area contributed by atoms with Crippen LogP contribution < -0.4 is 18.9 Å². The summed E-state index contributed by atoms with van der Waals surface area (Å²) < 4.78 is 29.0. The Bertz CT molecular complexity index is 2040. The summed E-state index contributed by atoms with van der Waals surface area (Å²) in [4.78, 5) is 40.1. The van der Waals surface area contributed by atoms with E-state index >= 15 is 0 Å². The van der Waals surface area contributed by atoms with E-state index in [1.165, 1.54) is 16.7 Å². The number of aryl methyl sites for hydroxylation is 1. The van der Waals surface area contributed by atoms with Crippen LogP contribution in [0.3, 0.4) is 0 Å². The van der Waals surface area contributed by atoms with Crippen molar-refractivity contribution >= 4 is 35.6 Å². The van der Waals surface area contributed by atoms with E-state index in [0.717, 1.165) is 12.0 Å². The van der Waals surface area contributed by atoms with E-state index in [2.05, 4.69) is 31.2 Å². The number of aliphatic imine (C=N–C) groups is 2. The summed E-state index contributed by atoms with van der Waals surface area (Å²) in [6.07, 6.45) is 5.06. The normalized spacial score (nSPS) is 17.4. The van der Waals surface area contributed by atoms with Gasteiger partial charge in [-0.3, -0.25) is 19.6 Å². The fourth-order valence-electron chi connectivity index (χ4n) is 6.81. The molecule has 3 aliphatic heterocycles. The van der Waals surface area contributed by atoms with Crippen LogP contribution in [-0.4, -0.2) is 93.8 Å². The quantitative estimate of drug-likeness (QED) is 0.163. The van der Waals surface area contributed by atoms with Crippen LogP contribution in [0, 0.1) is 6.92 Å². The highest BCUT2D eigenvalue weighted by Crippen LogP contribution is 2.39. The first-order valence-electron chi connectivity index (χ1n) is 17.4. The van der Waals surface area contributed by atoms with Crippen molar-refractivity contribution in [2.45, 2.75) is 38.4 Å². The predicted molar refractivity (Wildman–Crippen MR) is 199 cm³/mol. The molecule has 0 spiro atoms. The fourth-order valence-corrected chi connectivity index (χ4v) is 6.81. The molecule has 4 aromatic carbocycles. The molecule has 0 N–H and O–H groups in total. The van der Waals surface area contributed by atoms with Crippen molar-refractivity contribution in [3.8, 4) is 23.0 Å². The molecule has 0 aliphatic carbocycles. The molecule has 0 bridgehead atoms. The molecule has 3 aliphatic rings. The van der Waals surface area contributed by atoms with Gasteiger partial charge < -0.3 is 33.5 Å². The average molecular weight is 703 g/mol. The highest BCUT2D eigenvalue weighted by Gasteiger charge is 2.33. The van der Waals surface area contributed by atoms with Crippen LogP contribution >= 0.6 is 0 Å². The molecular weight excluding hydrogens is 660 g/mol. The Labute approximate surface area is 303 Å². The number of ether oxygens (including phenoxy) is 5. The van der Waals surface area contributed by atoms with Crippen LogP contribution in [0.15, 0.2) is 82.8 Å². The van der Waals surface area contributed by atoms with Crippen molar-refractivity contribution in [1.29, 1.82) is 0 Å². The second-order valence-electron chi connectivity index (χ2n) is 13.0. The summed E-state index contributed by atoms with van der Waals surface area (Å²) in [5, 5.41) is 0. The number of amides is 2. The van der Waals surface area contributed by atoms with E-state index in [-0.39, 0.29) is 50.3 Å². The minimum atomic E-state index is -0.200. The lowest BCUT2D eigenvalue weighted by molar-refractivity contribution is 0.0701. The first-order valence-corrected chi connectivity index (χ1v) is 17.4. The van der Waals surface area contributed by atoms with Gasteiger partial charge in [0.15, 0.2) is 23.0 Å². The Kier molecular flexibility index (Phi) is 10.2. The average Bonchev–Trinajstić information content (AvgIpc) is 3.36. The number of hydrogen-bond donors (Lipinski definition) is 0. The van der Waals surface area contributed by atoms with Gasteiger partial charge in [-0.1, -0.05) is 48.5 Å². The van der Waals surface area contributed by atoms with Gasteiger partial charge in [0.2, 0.25) is 0 Å². The Morgan fingerprint density at radius 1 is 0.712 bits per heavy atom. The molecule has 268 valence electrons. The summed E-state index contributed by atoms with van der Waals surface area (Å²) >= 11 is 0. The Hall–Kier alpha value is -5.68. The number of hydrogen-bond acceptors (Lipinski definition) is 9. The zero-order valence-electron chi connectivity index (χ0n) is 29.8. The summed E-state index contributed by atoms with van der Waals surface area (Å²) in [5.41, 5.74) is 6.73. The van der Waals surface area contributed by atoms with E-state index in [1.54, 1.807) is 50.4 Å². The lowest BCUT2D eigenvalue weighted by atomic mass is 9.94. The zero-order valence-corrected chi connectivity index (χ0v) is 29.8. The molecule has 0 saturated heterocycles. The molecule has 11 heteroatoms. The Balaban J connectivity index is 0.936. The monoisotopic (exact) mass is 702 g/mol. The van der Waals surface area contributed by atoms with E-state index < -0.39 is 0 Å². The van der Waals surface area contributed by atoms with Crippen LogP contribution in [0.1, 0.15) is 43.0 Å². The number of rotatable bonds is 12. The van der Waals surface area contributed by atoms with Crippen LogP contribution in [0.25, 0.3) is 0 Å². The first-order chi connectivity index (χ1) is 25.3. The second kappa shape index (κ2) is 15.3. The summed E-state index contributed by atoms with van der Waals surface area (Å²) in [7, 11) is 4.89. The molecule has 0 saturated carbocycles. The number of carbonyl (C=O) groups excluding carboxylic acids is 2. The second-order valence-corrected chi connectivity index (χ2v) is 13.0. The molecular formula is C41H42N4O7. The highest BCUT2D eigenvalue weighted by molar-refractivity contribution is 6.04. The van der Waals surface area contributed by atoms with Gasteiger partial charge in [0.1, 0.15) is 13.2 Å². The molecule has 0 unspecified atom stereocenters. The van der Waals surface area contributed by atoms with Gasteiger partial charge in [0.05, 0.1) is 62.0 Å². The van der Waals surface area contributed by atoms with Crippen molar-refractivity contribution in [3.63, 3.8) is 0 Å². The molecule has 0 fully saturated rings. The topological polar surface area (TPSA) is 111 Å². The summed E-state index contributed by atoms with van der Waals surface area (Å²) in [5.74, 6) is 1.62. The largest absolute Gasteiger partial charge is 0.493 e. The van der Waals surface area contributed by atoms with Crippen LogP contribution in [-0.2, 0) is 24.1 Å². The molecule has 3 heterocycles. The standard InChI is InChI=1S/C41H42N4O7/c1-26-9-5-6-10-27(26)17-30-23-42-34-21-38(36(48-3)19-32(34)40(46)44(30)2)51-15-13-50-14-16-52-39-22-35-33(20-37(39)49-4)41(47)45-25-29-12-8-7-11-28(29)18-31(45)24-43-35/h5-12,19-24,30-31H,13-18,25H2,1-4H3/t30-,31-/m0/s1. The summed E-state index contributed by atoms with van der Waals surface area (Å²) in [6.45, 7) is 3.66. The van der Waals surface area contributed by atoms with Crippen molar-refractivity contribution in [3.05, 3.63) is 106 Å². The van der Waals surface area contributed by atoms with Crippen molar-refractivity contribution in [2.24, 2.45) is 9.98 Å². The van der Waals surface area contributed by atoms with Gasteiger partial charge in [0, 0.05) is 38.2 Å². The highest BCUT2D eigenvalue weighted by atomic mass is 16.6. The van der Waals surface area contributed by atoms with Crippen molar-refractivity contribution < 1.29 is 33.3 Å². The van der Waals surface area contributed by atoms with Gasteiger partial charge in [-0.15, -0.1) is 0 Å². The maximum atomic E-state index is 13.6. The Morgan fingerprint density at radius 3 is 1.96 bits per heavy atom. The van der Waals surface area contributed by atoms with Crippen molar-refractivity contribution in [2.75, 3.05) is 47.7 Å². The maximum Gasteiger partial charge on any atom is 0.257 e. The number of likely N-dealkylation sites (N-methyl/N-ethyl adjacent to an activating group) is 1. The van der Waals surface area contributed by atoms with Gasteiger partial charge in [-0.2, -0.15) is 0 Å². The SMILES string of the molecule is COc1cc2c(cc1OCCOCCOc1cc3c(cc1OC)C(=O)N1Cc4ccccc4C[C@H]1C=N3)N=C[C@H](Cc1ccccc1C)N(C)C2=O. The lowest BCUT2D eigenvalue weighted by Crippen LogP contribution is -2.44.